The highest BCUT2D eigenvalue weighted by Gasteiger charge is 2.03. The van der Waals surface area contributed by atoms with Gasteiger partial charge in [-0.1, -0.05) is 226 Å². The predicted octanol–water partition coefficient (Wildman–Crippen LogP) is 24.1. The standard InChI is InChI=1S/C134H70/c1-3-7-103(8-4-1)11-13-105-15-19-107(20-16-105)23-25-109-27-31-111(32-28-109)35-37-113-39-43-115(44-40-113)47-49-117-51-55-119(56-52-117)59-61-121-63-67-123(68-64-121)71-73-125-75-79-127(80-76-125)83-85-129-87-91-131(92-88-129)95-97-133-99-101-134(102-100-133)98-96-132-93-89-130(90-94-132)86-84-128-81-77-126(78-82-128)74-72-124-69-65-122(66-70-124)62-60-120-57-53-118(54-58-120)50-48-116-45-41-114(42-46-116)38-36-112-33-29-110(30-34-112)26-24-108-21-17-106(18-22-108)14-12-104-9-5-2-6-10-104/h1-10,15-22,27-34,39-46,51-58,63-70,75-82,87-94,99-102H. The zero-order valence-corrected chi connectivity index (χ0v) is 72.4. The molecule has 0 aliphatic heterocycles. The van der Waals surface area contributed by atoms with E-state index < -0.39 is 0 Å². The van der Waals surface area contributed by atoms with Gasteiger partial charge in [0.1, 0.15) is 0 Å². The fourth-order valence-corrected chi connectivity index (χ4v) is 12.9. The van der Waals surface area contributed by atoms with Crippen molar-refractivity contribution in [2.75, 3.05) is 0 Å². The lowest BCUT2D eigenvalue weighted by Crippen LogP contribution is -1.82. The zero-order valence-electron chi connectivity index (χ0n) is 72.4. The monoisotopic (exact) mass is 1680 g/mol. The summed E-state index contributed by atoms with van der Waals surface area (Å²) in [7, 11) is 0. The van der Waals surface area contributed by atoms with Gasteiger partial charge in [0, 0.05) is 178 Å². The van der Waals surface area contributed by atoms with Crippen molar-refractivity contribution >= 4 is 0 Å². The first kappa shape index (κ1) is 85.8. The maximum absolute atomic E-state index is 3.28. The molecule has 0 aromatic heterocycles. The van der Waals surface area contributed by atoms with Crippen LogP contribution in [-0.2, 0) is 0 Å². The Morgan fingerprint density at radius 2 is 0.0970 bits per heavy atom. The summed E-state index contributed by atoms with van der Waals surface area (Å²) >= 11 is 0. The van der Waals surface area contributed by atoms with Crippen LogP contribution in [0.1, 0.15) is 178 Å². The summed E-state index contributed by atoms with van der Waals surface area (Å²) in [5, 5.41) is 0. The van der Waals surface area contributed by atoms with E-state index in [9.17, 15) is 0 Å². The van der Waals surface area contributed by atoms with Gasteiger partial charge in [-0.3, -0.25) is 0 Å². The van der Waals surface area contributed by atoms with E-state index in [2.05, 4.69) is 189 Å². The van der Waals surface area contributed by atoms with Crippen LogP contribution in [0.25, 0.3) is 0 Å². The Bertz CT molecular complexity index is 7600. The number of benzene rings is 17. The summed E-state index contributed by atoms with van der Waals surface area (Å²) in [6, 6.07) is 140. The van der Waals surface area contributed by atoms with Gasteiger partial charge in [-0.05, 0) is 388 Å². The molecule has 17 rings (SSSR count). The molecule has 0 nitrogen and oxygen atoms in total. The van der Waals surface area contributed by atoms with Gasteiger partial charge in [0.15, 0.2) is 0 Å². The maximum atomic E-state index is 3.28. The Labute approximate surface area is 786 Å². The largest absolute Gasteiger partial charge is 0.0622 e. The van der Waals surface area contributed by atoms with Crippen LogP contribution in [0.4, 0.5) is 0 Å². The van der Waals surface area contributed by atoms with Crippen molar-refractivity contribution < 1.29 is 0 Å². The molecule has 0 spiro atoms. The van der Waals surface area contributed by atoms with E-state index in [0.717, 1.165) is 178 Å². The molecule has 17 aromatic carbocycles. The molecule has 0 unspecified atom stereocenters. The first-order chi connectivity index (χ1) is 66.2. The number of hydrogen-bond acceptors (Lipinski definition) is 0. The third-order valence-electron chi connectivity index (χ3n) is 20.4. The molecule has 0 radical (unpaired) electrons. The molecule has 0 saturated heterocycles. The molecule has 17 aromatic rings. The molecule has 0 aliphatic carbocycles. The van der Waals surface area contributed by atoms with Gasteiger partial charge in [-0.25, -0.2) is 0 Å². The quantitative estimate of drug-likeness (QED) is 0.133. The smallest absolute Gasteiger partial charge is 0.0249 e. The van der Waals surface area contributed by atoms with Crippen LogP contribution >= 0.6 is 0 Å². The molecule has 0 atom stereocenters. The number of rotatable bonds is 0. The fraction of sp³-hybridized carbons (Fsp3) is 0. The fourth-order valence-electron chi connectivity index (χ4n) is 12.9. The van der Waals surface area contributed by atoms with E-state index in [1.807, 2.05) is 425 Å². The predicted molar refractivity (Wildman–Crippen MR) is 545 cm³/mol. The molecule has 0 N–H and O–H groups in total. The van der Waals surface area contributed by atoms with E-state index in [1.165, 1.54) is 0 Å². The molecule has 0 saturated carbocycles. The first-order valence-electron chi connectivity index (χ1n) is 43.1. The third kappa shape index (κ3) is 26.9. The van der Waals surface area contributed by atoms with E-state index in [0.29, 0.717) is 0 Å². The van der Waals surface area contributed by atoms with Crippen LogP contribution in [0, 0.1) is 189 Å². The lowest BCUT2D eigenvalue weighted by molar-refractivity contribution is 1.56. The molecule has 0 heteroatoms. The van der Waals surface area contributed by atoms with Crippen molar-refractivity contribution in [2.45, 2.75) is 0 Å². The molecule has 134 heavy (non-hydrogen) atoms. The van der Waals surface area contributed by atoms with E-state index in [1.54, 1.807) is 0 Å². The lowest BCUT2D eigenvalue weighted by Gasteiger charge is -1.95. The van der Waals surface area contributed by atoms with Gasteiger partial charge < -0.3 is 0 Å². The minimum absolute atomic E-state index is 0.901. The van der Waals surface area contributed by atoms with Crippen LogP contribution in [-0.4, -0.2) is 0 Å². The lowest BCUT2D eigenvalue weighted by atomic mass is 10.1. The van der Waals surface area contributed by atoms with Crippen LogP contribution in [0.15, 0.2) is 425 Å². The topological polar surface area (TPSA) is 0 Å². The van der Waals surface area contributed by atoms with Gasteiger partial charge in [-0.2, -0.15) is 0 Å². The average molecular weight is 1680 g/mol. The van der Waals surface area contributed by atoms with Crippen molar-refractivity contribution in [3.05, 3.63) is 603 Å². The second-order valence-corrected chi connectivity index (χ2v) is 30.4. The van der Waals surface area contributed by atoms with Crippen molar-refractivity contribution in [1.82, 2.24) is 0 Å². The Kier molecular flexibility index (Phi) is 28.5. The molecular weight excluding hydrogens is 1610 g/mol. The molecule has 0 heterocycles. The summed E-state index contributed by atoms with van der Waals surface area (Å²) in [6.07, 6.45) is 0. The van der Waals surface area contributed by atoms with Gasteiger partial charge >= 0.3 is 0 Å². The molecule has 0 aliphatic rings. The Hall–Kier alpha value is -20.3. The Morgan fingerprint density at radius 3 is 0.149 bits per heavy atom. The minimum atomic E-state index is 0.901. The SMILES string of the molecule is C(#Cc1ccc(C#Cc2ccc(C#Cc3ccc(C#Cc4ccc(C#Cc5ccc(C#Cc6ccc(C#Cc7ccc(C#Cc8ccc(C#Cc9ccc(C#Cc%10ccc(C#Cc%11ccc(C#Cc%12ccc(C#Cc%13ccc(C#Cc%14ccc(C#Cc%15ccc(C#Cc%16ccccc%16)cc%15)cc%14)cc%13)cc%12)cc%11)cc%10)cc9)cc8)cc7)cc6)cc5)cc4)cc3)cc2)cc1)c1ccccc1. The third-order valence-corrected chi connectivity index (χ3v) is 20.4. The van der Waals surface area contributed by atoms with Crippen molar-refractivity contribution in [3.8, 4) is 189 Å². The van der Waals surface area contributed by atoms with Crippen molar-refractivity contribution in [3.63, 3.8) is 0 Å². The highest BCUT2D eigenvalue weighted by molar-refractivity contribution is 5.61. The normalized spacial score (nSPS) is 9.43. The molecular formula is C134H70. The zero-order chi connectivity index (χ0) is 90.6. The van der Waals surface area contributed by atoms with E-state index >= 15 is 0 Å². The second kappa shape index (κ2) is 44.5. The first-order valence-corrected chi connectivity index (χ1v) is 43.1. The summed E-state index contributed by atoms with van der Waals surface area (Å²) < 4.78 is 0. The highest BCUT2D eigenvalue weighted by atomic mass is 14.1. The van der Waals surface area contributed by atoms with E-state index in [-0.39, 0.29) is 0 Å². The summed E-state index contributed by atoms with van der Waals surface area (Å²) in [6.45, 7) is 0. The average Bonchev–Trinajstić information content (AvgIpc) is 0.890. The molecule has 0 bridgehead atoms. The van der Waals surface area contributed by atoms with Crippen LogP contribution in [0.5, 0.6) is 0 Å². The van der Waals surface area contributed by atoms with Crippen LogP contribution in [0.3, 0.4) is 0 Å². The maximum Gasteiger partial charge on any atom is 0.0249 e. The van der Waals surface area contributed by atoms with Gasteiger partial charge in [0.05, 0.1) is 0 Å². The van der Waals surface area contributed by atoms with E-state index in [4.69, 9.17) is 0 Å². The van der Waals surface area contributed by atoms with Crippen LogP contribution in [0.2, 0.25) is 0 Å². The second-order valence-electron chi connectivity index (χ2n) is 30.4. The van der Waals surface area contributed by atoms with Gasteiger partial charge in [0.2, 0.25) is 0 Å². The number of hydrogen-bond donors (Lipinski definition) is 0. The van der Waals surface area contributed by atoms with Crippen LogP contribution < -0.4 is 0 Å². The molecule has 0 fully saturated rings. The highest BCUT2D eigenvalue weighted by Crippen LogP contribution is 2.17. The summed E-state index contributed by atoms with van der Waals surface area (Å²) in [5.74, 6) is 104. The Balaban J connectivity index is 0.404. The van der Waals surface area contributed by atoms with Crippen molar-refractivity contribution in [1.29, 1.82) is 0 Å². The molecule has 606 valence electrons. The van der Waals surface area contributed by atoms with Crippen molar-refractivity contribution in [2.24, 2.45) is 0 Å². The van der Waals surface area contributed by atoms with Gasteiger partial charge in [0.25, 0.3) is 0 Å². The molecule has 0 amide bonds. The minimum Gasteiger partial charge on any atom is -0.0622 e. The van der Waals surface area contributed by atoms with Gasteiger partial charge in [-0.15, -0.1) is 0 Å². The summed E-state index contributed by atoms with van der Waals surface area (Å²) in [4.78, 5) is 0. The Morgan fingerprint density at radius 1 is 0.0522 bits per heavy atom. The summed E-state index contributed by atoms with van der Waals surface area (Å²) in [5.41, 5.74) is 29.4.